The van der Waals surface area contributed by atoms with E-state index in [1.807, 2.05) is 0 Å². The Hall–Kier alpha value is -1.95. The number of carbonyl (C=O) groups is 2. The molecule has 6 nitrogen and oxygen atoms in total. The minimum absolute atomic E-state index is 0.122. The van der Waals surface area contributed by atoms with Gasteiger partial charge in [-0.2, -0.15) is 0 Å². The van der Waals surface area contributed by atoms with Crippen LogP contribution in [0.5, 0.6) is 0 Å². The van der Waals surface area contributed by atoms with E-state index in [1.54, 1.807) is 12.1 Å². The molecule has 1 aromatic heterocycles. The maximum absolute atomic E-state index is 12.0. The van der Waals surface area contributed by atoms with Crippen molar-refractivity contribution in [2.24, 2.45) is 5.73 Å². The van der Waals surface area contributed by atoms with Crippen LogP contribution in [0.4, 0.5) is 0 Å². The number of hydrogen-bond donors (Lipinski definition) is 3. The third kappa shape index (κ3) is 2.84. The van der Waals surface area contributed by atoms with E-state index in [1.165, 1.54) is 6.20 Å². The second kappa shape index (κ2) is 5.59. The molecule has 1 aromatic rings. The lowest BCUT2D eigenvalue weighted by Gasteiger charge is -2.22. The molecule has 1 aliphatic heterocycles. The van der Waals surface area contributed by atoms with E-state index in [-0.39, 0.29) is 18.4 Å². The van der Waals surface area contributed by atoms with Gasteiger partial charge in [0, 0.05) is 24.8 Å². The maximum Gasteiger partial charge on any atom is 0.252 e. The van der Waals surface area contributed by atoms with Crippen LogP contribution in [0.15, 0.2) is 18.3 Å². The molecule has 1 fully saturated rings. The first-order valence-electron chi connectivity index (χ1n) is 5.94. The molecule has 1 aliphatic rings. The Morgan fingerprint density at radius 2 is 2.44 bits per heavy atom. The standard InChI is InChI=1S/C12H16N4O2/c13-7-9-6-8(3-5-14-9)11(17)16-10-2-1-4-15-12(10)18/h3,5-6,10H,1-2,4,7,13H2,(H,15,18)(H,16,17). The number of carbonyl (C=O) groups excluding carboxylic acids is 2. The Morgan fingerprint density at radius 3 is 3.17 bits per heavy atom. The highest BCUT2D eigenvalue weighted by atomic mass is 16.2. The molecule has 0 saturated carbocycles. The minimum atomic E-state index is -0.444. The van der Waals surface area contributed by atoms with Gasteiger partial charge in [-0.25, -0.2) is 0 Å². The number of rotatable bonds is 3. The SMILES string of the molecule is NCc1cc(C(=O)NC2CCCNC2=O)ccn1. The number of nitrogens with two attached hydrogens (primary N) is 1. The summed E-state index contributed by atoms with van der Waals surface area (Å²) >= 11 is 0. The van der Waals surface area contributed by atoms with Crippen molar-refractivity contribution < 1.29 is 9.59 Å². The van der Waals surface area contributed by atoms with Gasteiger partial charge in [0.1, 0.15) is 6.04 Å². The van der Waals surface area contributed by atoms with E-state index in [0.717, 1.165) is 6.42 Å². The summed E-state index contributed by atoms with van der Waals surface area (Å²) in [7, 11) is 0. The monoisotopic (exact) mass is 248 g/mol. The number of pyridine rings is 1. The minimum Gasteiger partial charge on any atom is -0.354 e. The Balaban J connectivity index is 2.04. The second-order valence-corrected chi connectivity index (χ2v) is 4.20. The van der Waals surface area contributed by atoms with Gasteiger partial charge in [0.05, 0.1) is 5.69 Å². The molecule has 2 rings (SSSR count). The van der Waals surface area contributed by atoms with Crippen LogP contribution in [-0.4, -0.2) is 29.4 Å². The summed E-state index contributed by atoms with van der Waals surface area (Å²) in [6.45, 7) is 0.961. The molecular formula is C12H16N4O2. The molecule has 0 radical (unpaired) electrons. The van der Waals surface area contributed by atoms with Gasteiger partial charge in [-0.15, -0.1) is 0 Å². The Bertz CT molecular complexity index is 461. The third-order valence-corrected chi connectivity index (χ3v) is 2.88. The summed E-state index contributed by atoms with van der Waals surface area (Å²) in [5, 5.41) is 5.44. The lowest BCUT2D eigenvalue weighted by molar-refractivity contribution is -0.124. The Labute approximate surface area is 105 Å². The van der Waals surface area contributed by atoms with Gasteiger partial charge in [0.15, 0.2) is 0 Å². The van der Waals surface area contributed by atoms with Crippen LogP contribution < -0.4 is 16.4 Å². The van der Waals surface area contributed by atoms with Gasteiger partial charge < -0.3 is 16.4 Å². The van der Waals surface area contributed by atoms with Crippen molar-refractivity contribution in [3.05, 3.63) is 29.6 Å². The van der Waals surface area contributed by atoms with Crippen molar-refractivity contribution in [1.82, 2.24) is 15.6 Å². The highest BCUT2D eigenvalue weighted by Gasteiger charge is 2.23. The zero-order valence-electron chi connectivity index (χ0n) is 9.98. The first kappa shape index (κ1) is 12.5. The number of nitrogens with one attached hydrogen (secondary N) is 2. The molecule has 4 N–H and O–H groups in total. The first-order chi connectivity index (χ1) is 8.70. The quantitative estimate of drug-likeness (QED) is 0.675. The van der Waals surface area contributed by atoms with E-state index in [9.17, 15) is 9.59 Å². The number of nitrogens with zero attached hydrogens (tertiary/aromatic N) is 1. The van der Waals surface area contributed by atoms with Gasteiger partial charge in [-0.05, 0) is 25.0 Å². The molecule has 1 saturated heterocycles. The van der Waals surface area contributed by atoms with E-state index < -0.39 is 6.04 Å². The van der Waals surface area contributed by atoms with Gasteiger partial charge in [-0.3, -0.25) is 14.6 Å². The van der Waals surface area contributed by atoms with Crippen molar-refractivity contribution in [2.45, 2.75) is 25.4 Å². The molecule has 0 aromatic carbocycles. The lowest BCUT2D eigenvalue weighted by Crippen LogP contribution is -2.50. The van der Waals surface area contributed by atoms with Crippen LogP contribution >= 0.6 is 0 Å². The summed E-state index contributed by atoms with van der Waals surface area (Å²) < 4.78 is 0. The molecular weight excluding hydrogens is 232 g/mol. The largest absolute Gasteiger partial charge is 0.354 e. The van der Waals surface area contributed by atoms with Crippen molar-refractivity contribution in [3.63, 3.8) is 0 Å². The average Bonchev–Trinajstić information content (AvgIpc) is 2.41. The van der Waals surface area contributed by atoms with Crippen LogP contribution in [0.3, 0.4) is 0 Å². The topological polar surface area (TPSA) is 97.1 Å². The zero-order chi connectivity index (χ0) is 13.0. The third-order valence-electron chi connectivity index (χ3n) is 2.88. The lowest BCUT2D eigenvalue weighted by atomic mass is 10.1. The van der Waals surface area contributed by atoms with Crippen LogP contribution in [0.2, 0.25) is 0 Å². The predicted molar refractivity (Wildman–Crippen MR) is 65.6 cm³/mol. The summed E-state index contributed by atoms with van der Waals surface area (Å²) in [5.74, 6) is -0.392. The predicted octanol–water partition coefficient (Wildman–Crippen LogP) is -0.451. The molecule has 1 atom stereocenters. The van der Waals surface area contributed by atoms with E-state index in [4.69, 9.17) is 5.73 Å². The van der Waals surface area contributed by atoms with Crippen molar-refractivity contribution in [3.8, 4) is 0 Å². The maximum atomic E-state index is 12.0. The molecule has 1 unspecified atom stereocenters. The smallest absolute Gasteiger partial charge is 0.252 e. The van der Waals surface area contributed by atoms with Crippen LogP contribution in [-0.2, 0) is 11.3 Å². The Kier molecular flexibility index (Phi) is 3.88. The summed E-state index contributed by atoms with van der Waals surface area (Å²) in [6.07, 6.45) is 3.09. The molecule has 0 spiro atoms. The van der Waals surface area contributed by atoms with Crippen molar-refractivity contribution in [2.75, 3.05) is 6.54 Å². The molecule has 0 aliphatic carbocycles. The second-order valence-electron chi connectivity index (χ2n) is 4.20. The summed E-state index contributed by atoms with van der Waals surface area (Å²) in [5.41, 5.74) is 6.59. The van der Waals surface area contributed by atoms with Gasteiger partial charge >= 0.3 is 0 Å². The van der Waals surface area contributed by atoms with Crippen LogP contribution in [0, 0.1) is 0 Å². The molecule has 96 valence electrons. The van der Waals surface area contributed by atoms with E-state index >= 15 is 0 Å². The molecule has 2 amide bonds. The first-order valence-corrected chi connectivity index (χ1v) is 5.94. The highest BCUT2D eigenvalue weighted by Crippen LogP contribution is 2.06. The Morgan fingerprint density at radius 1 is 1.61 bits per heavy atom. The number of hydrogen-bond acceptors (Lipinski definition) is 4. The number of aromatic nitrogens is 1. The van der Waals surface area contributed by atoms with Gasteiger partial charge in [0.2, 0.25) is 5.91 Å². The molecule has 18 heavy (non-hydrogen) atoms. The summed E-state index contributed by atoms with van der Waals surface area (Å²) in [6, 6.07) is 2.80. The highest BCUT2D eigenvalue weighted by molar-refractivity contribution is 5.97. The van der Waals surface area contributed by atoms with E-state index in [2.05, 4.69) is 15.6 Å². The fourth-order valence-electron chi connectivity index (χ4n) is 1.88. The number of amides is 2. The zero-order valence-corrected chi connectivity index (χ0v) is 9.98. The molecule has 2 heterocycles. The average molecular weight is 248 g/mol. The number of piperidine rings is 1. The fraction of sp³-hybridized carbons (Fsp3) is 0.417. The van der Waals surface area contributed by atoms with Crippen LogP contribution in [0.25, 0.3) is 0 Å². The van der Waals surface area contributed by atoms with Crippen molar-refractivity contribution >= 4 is 11.8 Å². The molecule has 6 heteroatoms. The fourth-order valence-corrected chi connectivity index (χ4v) is 1.88. The van der Waals surface area contributed by atoms with Crippen molar-refractivity contribution in [1.29, 1.82) is 0 Å². The van der Waals surface area contributed by atoms with Crippen LogP contribution in [0.1, 0.15) is 28.9 Å². The van der Waals surface area contributed by atoms with Gasteiger partial charge in [0.25, 0.3) is 5.91 Å². The normalized spacial score (nSPS) is 19.2. The van der Waals surface area contributed by atoms with Gasteiger partial charge in [-0.1, -0.05) is 0 Å². The summed E-state index contributed by atoms with van der Waals surface area (Å²) in [4.78, 5) is 27.5. The molecule has 0 bridgehead atoms. The van der Waals surface area contributed by atoms with E-state index in [0.29, 0.717) is 24.2 Å².